The highest BCUT2D eigenvalue weighted by molar-refractivity contribution is 5.87. The number of piperidine rings is 1. The fraction of sp³-hybridized carbons (Fsp3) is 0.690. The molecule has 1 aromatic carbocycles. The lowest BCUT2D eigenvalue weighted by atomic mass is 9.93. The second-order valence-corrected chi connectivity index (χ2v) is 11.9. The molecule has 7 heteroatoms. The molecule has 0 aromatic heterocycles. The van der Waals surface area contributed by atoms with Crippen LogP contribution in [0.1, 0.15) is 77.0 Å². The van der Waals surface area contributed by atoms with E-state index in [4.69, 9.17) is 4.74 Å². The minimum Gasteiger partial charge on any atom is -0.444 e. The third-order valence-corrected chi connectivity index (χ3v) is 7.21. The Morgan fingerprint density at radius 3 is 2.19 bits per heavy atom. The Bertz CT molecular complexity index is 924. The van der Waals surface area contributed by atoms with Gasteiger partial charge in [-0.15, -0.1) is 0 Å². The van der Waals surface area contributed by atoms with Gasteiger partial charge in [0.2, 0.25) is 11.8 Å². The van der Waals surface area contributed by atoms with E-state index in [1.807, 2.05) is 30.6 Å². The van der Waals surface area contributed by atoms with Gasteiger partial charge in [0.1, 0.15) is 11.6 Å². The number of aryl methyl sites for hydroxylation is 2. The van der Waals surface area contributed by atoms with Gasteiger partial charge in [-0.3, -0.25) is 14.5 Å². The molecule has 0 saturated carbocycles. The molecule has 1 aromatic rings. The fourth-order valence-electron chi connectivity index (χ4n) is 5.34. The zero-order valence-electron chi connectivity index (χ0n) is 23.3. The third-order valence-electron chi connectivity index (χ3n) is 7.21. The van der Waals surface area contributed by atoms with Gasteiger partial charge in [-0.1, -0.05) is 32.0 Å². The third kappa shape index (κ3) is 7.01. The molecule has 3 amide bonds. The molecule has 0 radical (unpaired) electrons. The van der Waals surface area contributed by atoms with Crippen LogP contribution in [-0.4, -0.2) is 70.4 Å². The van der Waals surface area contributed by atoms with Gasteiger partial charge in [0.05, 0.1) is 0 Å². The van der Waals surface area contributed by atoms with Crippen molar-refractivity contribution < 1.29 is 19.1 Å². The summed E-state index contributed by atoms with van der Waals surface area (Å²) in [6, 6.07) is 5.81. The molecule has 3 rings (SSSR count). The number of likely N-dealkylation sites (tertiary alicyclic amines) is 2. The molecule has 2 fully saturated rings. The molecule has 36 heavy (non-hydrogen) atoms. The molecular formula is C29H45N3O4. The molecule has 7 nitrogen and oxygen atoms in total. The van der Waals surface area contributed by atoms with Crippen LogP contribution in [0.2, 0.25) is 0 Å². The summed E-state index contributed by atoms with van der Waals surface area (Å²) in [5, 5.41) is 0. The molecule has 2 aliphatic heterocycles. The average Bonchev–Trinajstić information content (AvgIpc) is 3.29. The number of carbonyl (C=O) groups excluding carboxylic acids is 3. The summed E-state index contributed by atoms with van der Waals surface area (Å²) in [7, 11) is 0. The van der Waals surface area contributed by atoms with Crippen molar-refractivity contribution >= 4 is 17.9 Å². The number of rotatable bonds is 6. The highest BCUT2D eigenvalue weighted by Crippen LogP contribution is 2.27. The van der Waals surface area contributed by atoms with Crippen molar-refractivity contribution in [2.24, 2.45) is 11.8 Å². The van der Waals surface area contributed by atoms with Crippen molar-refractivity contribution in [2.45, 2.75) is 92.3 Å². The summed E-state index contributed by atoms with van der Waals surface area (Å²) in [6.45, 7) is 17.0. The van der Waals surface area contributed by atoms with Crippen molar-refractivity contribution in [3.8, 4) is 0 Å². The van der Waals surface area contributed by atoms with E-state index in [0.717, 1.165) is 13.0 Å². The second-order valence-electron chi connectivity index (χ2n) is 11.9. The molecular weight excluding hydrogens is 454 g/mol. The number of benzene rings is 1. The Morgan fingerprint density at radius 1 is 1.03 bits per heavy atom. The summed E-state index contributed by atoms with van der Waals surface area (Å²) < 4.78 is 5.53. The Labute approximate surface area is 217 Å². The van der Waals surface area contributed by atoms with Crippen LogP contribution in [0.5, 0.6) is 0 Å². The van der Waals surface area contributed by atoms with Crippen LogP contribution in [0, 0.1) is 25.7 Å². The monoisotopic (exact) mass is 499 g/mol. The Hall–Kier alpha value is -2.57. The number of nitrogens with zero attached hydrogens (tertiary/aromatic N) is 3. The molecule has 2 aliphatic rings. The zero-order chi connectivity index (χ0) is 26.6. The Kier molecular flexibility index (Phi) is 9.07. The summed E-state index contributed by atoms with van der Waals surface area (Å²) >= 11 is 0. The summed E-state index contributed by atoms with van der Waals surface area (Å²) in [5.41, 5.74) is 3.05. The van der Waals surface area contributed by atoms with E-state index in [1.54, 1.807) is 4.90 Å². The first kappa shape index (κ1) is 28.0. The Balaban J connectivity index is 1.62. The minimum atomic E-state index is -0.593. The van der Waals surface area contributed by atoms with Crippen LogP contribution in [-0.2, 0) is 20.9 Å². The van der Waals surface area contributed by atoms with Gasteiger partial charge in [0.15, 0.2) is 0 Å². The fourth-order valence-corrected chi connectivity index (χ4v) is 5.34. The van der Waals surface area contributed by atoms with E-state index in [1.165, 1.54) is 16.7 Å². The van der Waals surface area contributed by atoms with E-state index >= 15 is 0 Å². The number of ether oxygens (including phenoxy) is 1. The normalized spacial score (nSPS) is 19.1. The first-order valence-corrected chi connectivity index (χ1v) is 13.5. The van der Waals surface area contributed by atoms with Gasteiger partial charge in [-0.05, 0) is 82.9 Å². The van der Waals surface area contributed by atoms with Gasteiger partial charge in [-0.25, -0.2) is 4.79 Å². The maximum absolute atomic E-state index is 13.6. The van der Waals surface area contributed by atoms with Crippen molar-refractivity contribution in [3.63, 3.8) is 0 Å². The number of amides is 3. The summed E-state index contributed by atoms with van der Waals surface area (Å²) in [5.74, 6) is 0.470. The molecule has 1 atom stereocenters. The van der Waals surface area contributed by atoms with Crippen LogP contribution in [0.15, 0.2) is 18.2 Å². The molecule has 0 N–H and O–H groups in total. The summed E-state index contributed by atoms with van der Waals surface area (Å²) in [6.07, 6.45) is 2.36. The minimum absolute atomic E-state index is 0.0150. The molecule has 0 aliphatic carbocycles. The second kappa shape index (κ2) is 11.7. The van der Waals surface area contributed by atoms with Gasteiger partial charge in [0, 0.05) is 38.6 Å². The van der Waals surface area contributed by atoms with Crippen molar-refractivity contribution in [2.75, 3.05) is 26.2 Å². The lowest BCUT2D eigenvalue weighted by Crippen LogP contribution is -2.52. The molecule has 0 spiro atoms. The van der Waals surface area contributed by atoms with Crippen molar-refractivity contribution in [1.82, 2.24) is 14.7 Å². The molecule has 200 valence electrons. The molecule has 2 heterocycles. The van der Waals surface area contributed by atoms with Crippen molar-refractivity contribution in [1.29, 1.82) is 0 Å². The highest BCUT2D eigenvalue weighted by atomic mass is 16.6. The highest BCUT2D eigenvalue weighted by Gasteiger charge is 2.40. The molecule has 0 unspecified atom stereocenters. The quantitative estimate of drug-likeness (QED) is 0.557. The van der Waals surface area contributed by atoms with E-state index < -0.39 is 17.7 Å². The standard InChI is InChI=1S/C29H45N3O4/c1-20(2)18-31(19-24-21(3)10-8-11-22(24)4)26(33)23-13-16-30(17-14-23)27(34)25-12-9-15-32(25)28(35)36-29(5,6)7/h8,10-11,20,23,25H,9,12-19H2,1-7H3/t25-/m0/s1. The van der Waals surface area contributed by atoms with Crippen molar-refractivity contribution in [3.05, 3.63) is 34.9 Å². The smallest absolute Gasteiger partial charge is 0.410 e. The topological polar surface area (TPSA) is 70.2 Å². The van der Waals surface area contributed by atoms with E-state index in [9.17, 15) is 14.4 Å². The maximum Gasteiger partial charge on any atom is 0.410 e. The number of hydrogen-bond acceptors (Lipinski definition) is 4. The van der Waals surface area contributed by atoms with Gasteiger partial charge < -0.3 is 14.5 Å². The Morgan fingerprint density at radius 2 is 1.64 bits per heavy atom. The number of carbonyl (C=O) groups is 3. The van der Waals surface area contributed by atoms with Crippen LogP contribution in [0.4, 0.5) is 4.79 Å². The van der Waals surface area contributed by atoms with Gasteiger partial charge in [-0.2, -0.15) is 0 Å². The lowest BCUT2D eigenvalue weighted by Gasteiger charge is -2.37. The van der Waals surface area contributed by atoms with E-state index in [-0.39, 0.29) is 17.7 Å². The van der Waals surface area contributed by atoms with Gasteiger partial charge in [0.25, 0.3) is 0 Å². The predicted octanol–water partition coefficient (Wildman–Crippen LogP) is 4.93. The first-order chi connectivity index (χ1) is 16.9. The largest absolute Gasteiger partial charge is 0.444 e. The average molecular weight is 500 g/mol. The SMILES string of the molecule is Cc1cccc(C)c1CN(CC(C)C)C(=O)C1CCN(C(=O)[C@@H]2CCCN2C(=O)OC(C)(C)C)CC1. The van der Waals surface area contributed by atoms with Gasteiger partial charge >= 0.3 is 6.09 Å². The van der Waals surface area contributed by atoms with Crippen LogP contribution in [0.25, 0.3) is 0 Å². The van der Waals surface area contributed by atoms with E-state index in [2.05, 4.69) is 45.9 Å². The maximum atomic E-state index is 13.6. The zero-order valence-corrected chi connectivity index (χ0v) is 23.3. The van der Waals surface area contributed by atoms with Crippen LogP contribution in [0.3, 0.4) is 0 Å². The van der Waals surface area contributed by atoms with E-state index in [0.29, 0.717) is 51.4 Å². The lowest BCUT2D eigenvalue weighted by molar-refractivity contribution is -0.143. The molecule has 0 bridgehead atoms. The van der Waals surface area contributed by atoms with Crippen LogP contribution < -0.4 is 0 Å². The summed E-state index contributed by atoms with van der Waals surface area (Å²) in [4.78, 5) is 45.0. The predicted molar refractivity (Wildman–Crippen MR) is 141 cm³/mol. The number of hydrogen-bond donors (Lipinski definition) is 0. The molecule has 2 saturated heterocycles. The first-order valence-electron chi connectivity index (χ1n) is 13.5. The van der Waals surface area contributed by atoms with Crippen LogP contribution >= 0.6 is 0 Å².